The normalized spacial score (nSPS) is 11.4. The monoisotopic (exact) mass is 661 g/mol. The van der Waals surface area contributed by atoms with Gasteiger partial charge in [0.15, 0.2) is 0 Å². The highest BCUT2D eigenvalue weighted by atomic mass is 16.3. The zero-order valence-corrected chi connectivity index (χ0v) is 29.8. The smallest absolute Gasteiger partial charge is 0.0681 e. The van der Waals surface area contributed by atoms with Crippen molar-refractivity contribution in [1.82, 2.24) is 0 Å². The Bertz CT molecular complexity index is 2300. The number of hydrogen-bond acceptors (Lipinski definition) is 2. The largest absolute Gasteiger partial charge is 0.392 e. The molecule has 7 aromatic rings. The van der Waals surface area contributed by atoms with Gasteiger partial charge in [-0.15, -0.1) is 0 Å². The minimum absolute atomic E-state index is 0.0111. The molecule has 0 heterocycles. The number of nitrogens with zero attached hydrogens (tertiary/aromatic N) is 1. The molecule has 0 aliphatic carbocycles. The van der Waals surface area contributed by atoms with Gasteiger partial charge in [0.05, 0.1) is 12.3 Å². The fourth-order valence-corrected chi connectivity index (χ4v) is 6.81. The molecule has 0 radical (unpaired) electrons. The Balaban J connectivity index is 1.38. The number of aliphatic hydroxyl groups is 1. The molecule has 0 saturated heterocycles. The number of rotatable bonds is 9. The molecule has 0 unspecified atom stereocenters. The first-order chi connectivity index (χ1) is 24.9. The van der Waals surface area contributed by atoms with E-state index in [1.54, 1.807) is 0 Å². The molecular formula is C49H43NO. The molecular weight excluding hydrogens is 619 g/mol. The third-order valence-electron chi connectivity index (χ3n) is 9.65. The molecule has 0 atom stereocenters. The van der Waals surface area contributed by atoms with Crippen molar-refractivity contribution in [3.63, 3.8) is 0 Å². The fraction of sp³-hybridized carbons (Fsp3) is 0.102. The second-order valence-electron chi connectivity index (χ2n) is 13.4. The zero-order valence-electron chi connectivity index (χ0n) is 29.8. The molecule has 1 N–H and O–H groups in total. The Labute approximate surface area is 302 Å². The summed E-state index contributed by atoms with van der Waals surface area (Å²) in [7, 11) is 0. The Hall–Kier alpha value is -5.96. The highest BCUT2D eigenvalue weighted by Crippen LogP contribution is 2.42. The topological polar surface area (TPSA) is 23.5 Å². The third-order valence-corrected chi connectivity index (χ3v) is 9.65. The van der Waals surface area contributed by atoms with E-state index in [-0.39, 0.29) is 6.61 Å². The lowest BCUT2D eigenvalue weighted by molar-refractivity contribution is 0.282. The summed E-state index contributed by atoms with van der Waals surface area (Å²) in [4.78, 5) is 2.35. The van der Waals surface area contributed by atoms with E-state index in [1.165, 1.54) is 44.3 Å². The van der Waals surface area contributed by atoms with E-state index >= 15 is 0 Å². The summed E-state index contributed by atoms with van der Waals surface area (Å²) >= 11 is 0. The van der Waals surface area contributed by atoms with Gasteiger partial charge in [0.1, 0.15) is 0 Å². The first kappa shape index (κ1) is 33.5. The lowest BCUT2D eigenvalue weighted by Crippen LogP contribution is -2.12. The maximum atomic E-state index is 9.92. The second kappa shape index (κ2) is 14.9. The van der Waals surface area contributed by atoms with E-state index in [0.29, 0.717) is 0 Å². The quantitative estimate of drug-likeness (QED) is 0.156. The van der Waals surface area contributed by atoms with Crippen LogP contribution in [0.25, 0.3) is 34.1 Å². The summed E-state index contributed by atoms with van der Waals surface area (Å²) in [6.45, 7) is 8.55. The molecule has 0 saturated carbocycles. The van der Waals surface area contributed by atoms with Gasteiger partial charge < -0.3 is 10.0 Å². The number of hydrogen-bond donors (Lipinski definition) is 1. The van der Waals surface area contributed by atoms with Crippen molar-refractivity contribution >= 4 is 51.1 Å². The number of fused-ring (bicyclic) bond motifs is 1. The Kier molecular flexibility index (Phi) is 9.78. The molecule has 7 aromatic carbocycles. The first-order valence-corrected chi connectivity index (χ1v) is 17.6. The van der Waals surface area contributed by atoms with E-state index < -0.39 is 0 Å². The molecule has 7 rings (SSSR count). The van der Waals surface area contributed by atoms with Crippen LogP contribution in [0.5, 0.6) is 0 Å². The highest BCUT2D eigenvalue weighted by Gasteiger charge is 2.19. The van der Waals surface area contributed by atoms with Gasteiger partial charge in [0, 0.05) is 16.8 Å². The van der Waals surface area contributed by atoms with E-state index in [0.717, 1.165) is 44.7 Å². The third kappa shape index (κ3) is 7.33. The number of benzene rings is 7. The van der Waals surface area contributed by atoms with Crippen LogP contribution in [-0.4, -0.2) is 5.11 Å². The Morgan fingerprint density at radius 2 is 1.14 bits per heavy atom. The van der Waals surface area contributed by atoms with Gasteiger partial charge in [0.25, 0.3) is 0 Å². The molecule has 0 bridgehead atoms. The molecule has 0 aliphatic rings. The van der Waals surface area contributed by atoms with Crippen molar-refractivity contribution < 1.29 is 5.11 Å². The summed E-state index contributed by atoms with van der Waals surface area (Å²) in [6, 6.07) is 56.4. The van der Waals surface area contributed by atoms with Crippen LogP contribution in [0.15, 0.2) is 158 Å². The van der Waals surface area contributed by atoms with Crippen LogP contribution >= 0.6 is 0 Å². The maximum absolute atomic E-state index is 9.92. The summed E-state index contributed by atoms with van der Waals surface area (Å²) in [5, 5.41) is 12.3. The molecule has 0 spiro atoms. The van der Waals surface area contributed by atoms with Crippen LogP contribution in [0, 0.1) is 20.8 Å². The van der Waals surface area contributed by atoms with Crippen molar-refractivity contribution in [3.8, 4) is 0 Å². The van der Waals surface area contributed by atoms with E-state index in [9.17, 15) is 5.11 Å². The first-order valence-electron chi connectivity index (χ1n) is 17.6. The minimum Gasteiger partial charge on any atom is -0.392 e. The van der Waals surface area contributed by atoms with Crippen LogP contribution in [0.3, 0.4) is 0 Å². The van der Waals surface area contributed by atoms with Crippen LogP contribution in [-0.2, 0) is 6.61 Å². The molecule has 0 aromatic heterocycles. The Morgan fingerprint density at radius 1 is 0.549 bits per heavy atom. The summed E-state index contributed by atoms with van der Waals surface area (Å²) in [6.07, 6.45) is 4.57. The predicted molar refractivity (Wildman–Crippen MR) is 219 cm³/mol. The number of aliphatic hydroxyl groups excluding tert-OH is 1. The van der Waals surface area contributed by atoms with Gasteiger partial charge in [-0.2, -0.15) is 0 Å². The lowest BCUT2D eigenvalue weighted by atomic mass is 9.92. The van der Waals surface area contributed by atoms with Gasteiger partial charge in [-0.05, 0) is 114 Å². The van der Waals surface area contributed by atoms with Crippen molar-refractivity contribution in [2.24, 2.45) is 0 Å². The molecule has 2 heteroatoms. The Morgan fingerprint density at radius 3 is 1.75 bits per heavy atom. The number of allylic oxidation sites excluding steroid dienone is 1. The molecule has 2 nitrogen and oxygen atoms in total. The van der Waals surface area contributed by atoms with Crippen molar-refractivity contribution in [2.75, 3.05) is 4.90 Å². The highest BCUT2D eigenvalue weighted by molar-refractivity contribution is 6.06. The van der Waals surface area contributed by atoms with Crippen LogP contribution in [0.4, 0.5) is 17.1 Å². The van der Waals surface area contributed by atoms with Crippen molar-refractivity contribution in [3.05, 3.63) is 208 Å². The average Bonchev–Trinajstić information content (AvgIpc) is 3.17. The number of aryl methyl sites for hydroxylation is 3. The van der Waals surface area contributed by atoms with Gasteiger partial charge in [0.2, 0.25) is 0 Å². The van der Waals surface area contributed by atoms with Crippen LogP contribution < -0.4 is 4.90 Å². The molecule has 0 amide bonds. The SMILES string of the molecule is CC(=Cc1ccc(N(c2ccc(CO)cc2C)c2ccc(C=C(c3ccc(C)cc3)c3ccc(C)cc3)c3ccccc23)cc1)c1ccccc1. The maximum Gasteiger partial charge on any atom is 0.0681 e. The summed E-state index contributed by atoms with van der Waals surface area (Å²) in [5.74, 6) is 0. The van der Waals surface area contributed by atoms with E-state index in [1.807, 2.05) is 6.07 Å². The summed E-state index contributed by atoms with van der Waals surface area (Å²) < 4.78 is 0. The summed E-state index contributed by atoms with van der Waals surface area (Å²) in [5.41, 5.74) is 16.0. The van der Waals surface area contributed by atoms with Gasteiger partial charge in [-0.1, -0.05) is 151 Å². The van der Waals surface area contributed by atoms with Gasteiger partial charge in [-0.3, -0.25) is 0 Å². The standard InChI is InChI=1S/C49H43NO/c1-34-14-21-41(22-15-34)47(42-23-16-35(2)17-24-42)32-43-25-29-49(46-13-9-8-12-45(43)46)50(48-28-20-39(33-51)31-37(48)4)44-26-18-38(19-27-44)30-36(3)40-10-6-5-7-11-40/h5-32,51H,33H2,1-4H3. The lowest BCUT2D eigenvalue weighted by Gasteiger charge is -2.29. The zero-order chi connectivity index (χ0) is 35.3. The predicted octanol–water partition coefficient (Wildman–Crippen LogP) is 12.9. The van der Waals surface area contributed by atoms with Crippen molar-refractivity contribution in [2.45, 2.75) is 34.3 Å². The average molecular weight is 662 g/mol. The number of anilines is 3. The van der Waals surface area contributed by atoms with Crippen molar-refractivity contribution in [1.29, 1.82) is 0 Å². The molecule has 51 heavy (non-hydrogen) atoms. The fourth-order valence-electron chi connectivity index (χ4n) is 6.81. The van der Waals surface area contributed by atoms with Crippen LogP contribution in [0.1, 0.15) is 57.0 Å². The second-order valence-corrected chi connectivity index (χ2v) is 13.4. The molecule has 0 aliphatic heterocycles. The van der Waals surface area contributed by atoms with E-state index in [4.69, 9.17) is 0 Å². The van der Waals surface area contributed by atoms with Gasteiger partial charge in [-0.25, -0.2) is 0 Å². The van der Waals surface area contributed by atoms with Crippen LogP contribution in [0.2, 0.25) is 0 Å². The van der Waals surface area contributed by atoms with E-state index in [2.05, 4.69) is 196 Å². The molecule has 250 valence electrons. The minimum atomic E-state index is 0.0111. The van der Waals surface area contributed by atoms with Gasteiger partial charge >= 0.3 is 0 Å². The molecule has 0 fully saturated rings.